The molecule has 0 spiro atoms. The van der Waals surface area contributed by atoms with Gasteiger partial charge in [0.15, 0.2) is 27.8 Å². The Balaban J connectivity index is 3.44. The van der Waals surface area contributed by atoms with Gasteiger partial charge in [0.1, 0.15) is 0 Å². The van der Waals surface area contributed by atoms with E-state index in [9.17, 15) is 0 Å². The lowest BCUT2D eigenvalue weighted by Crippen LogP contribution is -2.31. The molecule has 0 N–H and O–H groups in total. The first-order chi connectivity index (χ1) is 10.1. The second-order valence-electron chi connectivity index (χ2n) is 6.36. The highest BCUT2D eigenvalue weighted by Gasteiger charge is 2.13. The topological polar surface area (TPSA) is 27.7 Å². The highest BCUT2D eigenvalue weighted by molar-refractivity contribution is 6.49. The molecule has 0 aliphatic heterocycles. The van der Waals surface area contributed by atoms with Crippen LogP contribution in [0.1, 0.15) is 58.3 Å². The summed E-state index contributed by atoms with van der Waals surface area (Å²) in [5.41, 5.74) is 0. The van der Waals surface area contributed by atoms with Crippen molar-refractivity contribution in [3.8, 4) is 0 Å². The van der Waals surface area contributed by atoms with Crippen molar-refractivity contribution in [1.82, 2.24) is 0 Å². The van der Waals surface area contributed by atoms with Crippen molar-refractivity contribution < 1.29 is 13.3 Å². The molecule has 0 heterocycles. The van der Waals surface area contributed by atoms with E-state index in [1.165, 1.54) is 57.4 Å². The minimum atomic E-state index is -1.08. The van der Waals surface area contributed by atoms with E-state index in [1.54, 1.807) is 0 Å². The van der Waals surface area contributed by atoms with Gasteiger partial charge in [-0.1, -0.05) is 58.3 Å². The molecule has 0 amide bonds. The lowest BCUT2D eigenvalue weighted by Gasteiger charge is -2.23. The van der Waals surface area contributed by atoms with Gasteiger partial charge in [-0.2, -0.15) is 0 Å². The largest absolute Gasteiger partial charge is 0.380 e. The van der Waals surface area contributed by atoms with Gasteiger partial charge < -0.3 is 13.3 Å². The Kier molecular flexibility index (Phi) is 15.8. The molecule has 0 unspecified atom stereocenters. The Morgan fingerprint density at radius 3 is 1.71 bits per heavy atom. The lowest BCUT2D eigenvalue weighted by atomic mass is 10.1. The first-order valence-corrected chi connectivity index (χ1v) is 16.1. The van der Waals surface area contributed by atoms with Crippen LogP contribution >= 0.6 is 0 Å². The highest BCUT2D eigenvalue weighted by atomic mass is 28.3. The Morgan fingerprint density at radius 1 is 0.762 bits per heavy atom. The number of hydrogen-bond acceptors (Lipinski definition) is 3. The zero-order valence-electron chi connectivity index (χ0n) is 15.0. The smallest absolute Gasteiger partial charge is 0.242 e. The highest BCUT2D eigenvalue weighted by Crippen LogP contribution is 2.10. The third kappa shape index (κ3) is 16.7. The Labute approximate surface area is 138 Å². The first-order valence-electron chi connectivity index (χ1n) is 8.98. The van der Waals surface area contributed by atoms with Crippen LogP contribution in [0.15, 0.2) is 0 Å². The molecule has 0 rings (SSSR count). The van der Waals surface area contributed by atoms with Crippen LogP contribution in [0.4, 0.5) is 0 Å². The first kappa shape index (κ1) is 21.5. The van der Waals surface area contributed by atoms with Crippen LogP contribution in [-0.2, 0) is 13.3 Å². The maximum atomic E-state index is 5.89. The van der Waals surface area contributed by atoms with Gasteiger partial charge in [0.05, 0.1) is 0 Å². The van der Waals surface area contributed by atoms with Crippen LogP contribution in [0, 0.1) is 0 Å². The molecule has 0 aromatic heterocycles. The second-order valence-corrected chi connectivity index (χ2v) is 12.5. The van der Waals surface area contributed by atoms with E-state index in [1.807, 2.05) is 0 Å². The van der Waals surface area contributed by atoms with Gasteiger partial charge in [-0.15, -0.1) is 0 Å². The van der Waals surface area contributed by atoms with E-state index in [0.717, 1.165) is 0 Å². The minimum Gasteiger partial charge on any atom is -0.380 e. The maximum absolute atomic E-state index is 5.89. The molecular weight excluding hydrogens is 312 g/mol. The molecule has 0 aromatic carbocycles. The summed E-state index contributed by atoms with van der Waals surface area (Å²) in [4.78, 5) is 0. The van der Waals surface area contributed by atoms with E-state index in [-0.39, 0.29) is 6.48 Å². The molecule has 3 nitrogen and oxygen atoms in total. The van der Waals surface area contributed by atoms with Crippen LogP contribution < -0.4 is 0 Å². The van der Waals surface area contributed by atoms with Crippen LogP contribution in [-0.4, -0.2) is 34.3 Å². The standard InChI is InChI=1S/C15H38O3Si3/c1-6-7-8-9-10-11-12-13-14-19-16-15(17-20(2)3)18-21(4)5/h15,20-21H,6-14,19H2,1-5H3. The van der Waals surface area contributed by atoms with Crippen molar-refractivity contribution in [2.45, 2.75) is 97.0 Å². The van der Waals surface area contributed by atoms with Crippen LogP contribution in [0.25, 0.3) is 0 Å². The van der Waals surface area contributed by atoms with E-state index < -0.39 is 27.8 Å². The maximum Gasteiger partial charge on any atom is 0.242 e. The second kappa shape index (κ2) is 15.4. The van der Waals surface area contributed by atoms with Crippen LogP contribution in [0.5, 0.6) is 0 Å². The predicted molar refractivity (Wildman–Crippen MR) is 101 cm³/mol. The van der Waals surface area contributed by atoms with Crippen molar-refractivity contribution in [3.63, 3.8) is 0 Å². The predicted octanol–water partition coefficient (Wildman–Crippen LogP) is 3.93. The van der Waals surface area contributed by atoms with Gasteiger partial charge in [-0.05, 0) is 32.2 Å². The number of rotatable bonds is 15. The molecule has 0 radical (unpaired) electrons. The molecule has 21 heavy (non-hydrogen) atoms. The molecule has 6 heteroatoms. The summed E-state index contributed by atoms with van der Waals surface area (Å²) in [5.74, 6) is 0. The molecule has 128 valence electrons. The summed E-state index contributed by atoms with van der Waals surface area (Å²) in [6.45, 7) is 10.6. The zero-order valence-corrected chi connectivity index (χ0v) is 18.8. The molecule has 0 saturated carbocycles. The Hall–Kier alpha value is 0.531. The van der Waals surface area contributed by atoms with Crippen molar-refractivity contribution >= 4 is 27.8 Å². The fraction of sp³-hybridized carbons (Fsp3) is 1.00. The Morgan fingerprint density at radius 2 is 1.24 bits per heavy atom. The zero-order chi connectivity index (χ0) is 15.9. The number of unbranched alkanes of at least 4 members (excludes halogenated alkanes) is 7. The van der Waals surface area contributed by atoms with E-state index in [4.69, 9.17) is 13.3 Å². The quantitative estimate of drug-likeness (QED) is 0.254. The number of hydrogen-bond donors (Lipinski definition) is 0. The van der Waals surface area contributed by atoms with Crippen molar-refractivity contribution in [3.05, 3.63) is 0 Å². The lowest BCUT2D eigenvalue weighted by molar-refractivity contribution is -0.145. The molecular formula is C15H38O3Si3. The third-order valence-corrected chi connectivity index (χ3v) is 6.10. The molecule has 0 aliphatic carbocycles. The van der Waals surface area contributed by atoms with Gasteiger partial charge >= 0.3 is 0 Å². The SMILES string of the molecule is CCCCCCCCCC[SiH2]OC(O[SiH](C)C)O[SiH](C)C. The van der Waals surface area contributed by atoms with E-state index in [0.29, 0.717) is 0 Å². The fourth-order valence-corrected chi connectivity index (χ4v) is 4.84. The summed E-state index contributed by atoms with van der Waals surface area (Å²) in [6, 6.07) is 1.26. The Bertz CT molecular complexity index is 206. The third-order valence-electron chi connectivity index (χ3n) is 3.27. The van der Waals surface area contributed by atoms with Crippen LogP contribution in [0.2, 0.25) is 32.2 Å². The minimum absolute atomic E-state index is 0.330. The van der Waals surface area contributed by atoms with Gasteiger partial charge in [-0.3, -0.25) is 0 Å². The van der Waals surface area contributed by atoms with Crippen molar-refractivity contribution in [1.29, 1.82) is 0 Å². The average molecular weight is 351 g/mol. The summed E-state index contributed by atoms with van der Waals surface area (Å²) in [5, 5.41) is 0. The van der Waals surface area contributed by atoms with Gasteiger partial charge in [0.25, 0.3) is 0 Å². The summed E-state index contributed by atoms with van der Waals surface area (Å²) >= 11 is 0. The van der Waals surface area contributed by atoms with Crippen molar-refractivity contribution in [2.24, 2.45) is 0 Å². The molecule has 0 atom stereocenters. The van der Waals surface area contributed by atoms with Gasteiger partial charge in [-0.25, -0.2) is 0 Å². The van der Waals surface area contributed by atoms with Gasteiger partial charge in [0, 0.05) is 0 Å². The van der Waals surface area contributed by atoms with Gasteiger partial charge in [0.2, 0.25) is 6.48 Å². The van der Waals surface area contributed by atoms with Crippen LogP contribution in [0.3, 0.4) is 0 Å². The summed E-state index contributed by atoms with van der Waals surface area (Å²) < 4.78 is 17.5. The summed E-state index contributed by atoms with van der Waals surface area (Å²) in [6.07, 6.45) is 11.1. The average Bonchev–Trinajstić information content (AvgIpc) is 2.39. The fourth-order valence-electron chi connectivity index (χ4n) is 2.15. The van der Waals surface area contributed by atoms with Crippen molar-refractivity contribution in [2.75, 3.05) is 0 Å². The van der Waals surface area contributed by atoms with E-state index >= 15 is 0 Å². The monoisotopic (exact) mass is 350 g/mol. The molecule has 0 saturated heterocycles. The summed E-state index contributed by atoms with van der Waals surface area (Å²) in [7, 11) is -2.63. The molecule has 0 fully saturated rings. The van der Waals surface area contributed by atoms with E-state index in [2.05, 4.69) is 33.1 Å². The molecule has 0 aromatic rings. The molecule has 0 bridgehead atoms. The normalized spacial score (nSPS) is 12.6. The molecule has 0 aliphatic rings.